The molecule has 16 heteroatoms. The van der Waals surface area contributed by atoms with Crippen LogP contribution < -0.4 is 20.4 Å². The monoisotopic (exact) mass is 625 g/mol. The first-order valence-corrected chi connectivity index (χ1v) is 14.5. The van der Waals surface area contributed by atoms with Gasteiger partial charge in [-0.2, -0.15) is 4.37 Å². The predicted octanol–water partition coefficient (Wildman–Crippen LogP) is 1.77. The maximum absolute atomic E-state index is 13.0. The molecule has 0 aromatic carbocycles. The Morgan fingerprint density at radius 3 is 2.50 bits per heavy atom. The summed E-state index contributed by atoms with van der Waals surface area (Å²) in [5, 5.41) is 13.0. The van der Waals surface area contributed by atoms with E-state index in [1.165, 1.54) is 23.3 Å². The van der Waals surface area contributed by atoms with Crippen LogP contribution in [0.3, 0.4) is 0 Å². The van der Waals surface area contributed by atoms with E-state index in [0.29, 0.717) is 80.8 Å². The van der Waals surface area contributed by atoms with E-state index in [1.807, 2.05) is 4.90 Å². The molecule has 5 heterocycles. The molecular formula is C28H31N7O8S. The van der Waals surface area contributed by atoms with Crippen LogP contribution in [-0.2, 0) is 19.0 Å². The number of anilines is 2. The quantitative estimate of drug-likeness (QED) is 0.183. The molecule has 0 bridgehead atoms. The number of carboxylic acid groups (broad SMARTS) is 1. The molecule has 4 aromatic rings. The van der Waals surface area contributed by atoms with Gasteiger partial charge in [-0.3, -0.25) is 14.2 Å². The number of carbonyl (C=O) groups excluding carboxylic acids is 1. The van der Waals surface area contributed by atoms with E-state index in [-0.39, 0.29) is 28.4 Å². The van der Waals surface area contributed by atoms with Crippen molar-refractivity contribution < 1.29 is 33.6 Å². The molecular weight excluding hydrogens is 594 g/mol. The largest absolute Gasteiger partial charge is 0.490 e. The topological polar surface area (TPSA) is 180 Å². The lowest BCUT2D eigenvalue weighted by Gasteiger charge is -2.39. The highest BCUT2D eigenvalue weighted by atomic mass is 32.1. The van der Waals surface area contributed by atoms with Gasteiger partial charge in [0.2, 0.25) is 16.5 Å². The maximum atomic E-state index is 13.0. The third kappa shape index (κ3) is 7.16. The van der Waals surface area contributed by atoms with E-state index in [9.17, 15) is 19.5 Å². The van der Waals surface area contributed by atoms with Crippen molar-refractivity contribution in [3.63, 3.8) is 0 Å². The van der Waals surface area contributed by atoms with E-state index in [0.717, 1.165) is 11.5 Å². The van der Waals surface area contributed by atoms with Crippen molar-refractivity contribution in [3.05, 3.63) is 58.3 Å². The number of carbonyl (C=O) groups is 2. The van der Waals surface area contributed by atoms with Crippen molar-refractivity contribution in [2.45, 2.75) is 6.92 Å². The number of ether oxygens (including phenoxy) is 4. The summed E-state index contributed by atoms with van der Waals surface area (Å²) >= 11 is 1.05. The summed E-state index contributed by atoms with van der Waals surface area (Å²) in [5.74, 6) is -0.313. The van der Waals surface area contributed by atoms with Gasteiger partial charge >= 0.3 is 5.97 Å². The number of pyridine rings is 3. The molecule has 1 fully saturated rings. The number of carboxylic acids is 1. The van der Waals surface area contributed by atoms with Gasteiger partial charge in [0.05, 0.1) is 50.5 Å². The van der Waals surface area contributed by atoms with Gasteiger partial charge in [0.15, 0.2) is 5.65 Å². The van der Waals surface area contributed by atoms with Crippen LogP contribution in [0.2, 0.25) is 0 Å². The van der Waals surface area contributed by atoms with Crippen LogP contribution >= 0.6 is 11.5 Å². The molecule has 2 N–H and O–H groups in total. The first-order valence-electron chi connectivity index (χ1n) is 13.7. The molecule has 44 heavy (non-hydrogen) atoms. The number of rotatable bonds is 15. The molecule has 1 amide bonds. The SMILES string of the molecule is COCCOCCOCCOc1ccc(NC(=O)C2CN(c3cc(C)c4c(=O)c(C(=O)O)cn(-c5ncns5)c4n3)C2)nc1. The van der Waals surface area contributed by atoms with Gasteiger partial charge in [-0.1, -0.05) is 0 Å². The van der Waals surface area contributed by atoms with Crippen LogP contribution in [0.4, 0.5) is 11.6 Å². The summed E-state index contributed by atoms with van der Waals surface area (Å²) in [4.78, 5) is 52.6. The minimum absolute atomic E-state index is 0.182. The van der Waals surface area contributed by atoms with Crippen molar-refractivity contribution in [1.29, 1.82) is 0 Å². The van der Waals surface area contributed by atoms with E-state index in [1.54, 1.807) is 32.2 Å². The zero-order valence-corrected chi connectivity index (χ0v) is 24.9. The third-order valence-electron chi connectivity index (χ3n) is 6.79. The number of methoxy groups -OCH3 is 1. The maximum Gasteiger partial charge on any atom is 0.341 e. The Kier molecular flexibility index (Phi) is 10.1. The third-order valence-corrected chi connectivity index (χ3v) is 7.46. The first kappa shape index (κ1) is 30.9. The van der Waals surface area contributed by atoms with Crippen LogP contribution in [0, 0.1) is 12.8 Å². The summed E-state index contributed by atoms with van der Waals surface area (Å²) in [6.07, 6.45) is 4.09. The molecule has 0 saturated carbocycles. The molecule has 0 radical (unpaired) electrons. The number of nitrogens with one attached hydrogen (secondary N) is 1. The first-order chi connectivity index (χ1) is 21.4. The van der Waals surface area contributed by atoms with Crippen molar-refractivity contribution in [2.24, 2.45) is 5.92 Å². The molecule has 232 valence electrons. The number of aromatic carboxylic acids is 1. The van der Waals surface area contributed by atoms with Crippen molar-refractivity contribution in [1.82, 2.24) is 23.9 Å². The highest BCUT2D eigenvalue weighted by Gasteiger charge is 2.34. The normalized spacial score (nSPS) is 13.2. The average molecular weight is 626 g/mol. The molecule has 1 aliphatic rings. The number of aryl methyl sites for hydroxylation is 1. The minimum Gasteiger partial charge on any atom is -0.490 e. The molecule has 0 atom stereocenters. The van der Waals surface area contributed by atoms with Crippen LogP contribution in [0.15, 0.2) is 41.7 Å². The molecule has 1 saturated heterocycles. The molecule has 0 aliphatic carbocycles. The molecule has 1 aliphatic heterocycles. The lowest BCUT2D eigenvalue weighted by Crippen LogP contribution is -2.52. The van der Waals surface area contributed by atoms with E-state index in [2.05, 4.69) is 24.6 Å². The second kappa shape index (κ2) is 14.3. The second-order valence-electron chi connectivity index (χ2n) is 9.80. The number of hydrogen-bond acceptors (Lipinski definition) is 13. The molecule has 5 rings (SSSR count). The fourth-order valence-electron chi connectivity index (χ4n) is 4.49. The smallest absolute Gasteiger partial charge is 0.341 e. The van der Waals surface area contributed by atoms with E-state index in [4.69, 9.17) is 18.9 Å². The van der Waals surface area contributed by atoms with Gasteiger partial charge in [-0.15, -0.1) is 0 Å². The van der Waals surface area contributed by atoms with Crippen LogP contribution in [0.5, 0.6) is 5.75 Å². The van der Waals surface area contributed by atoms with Gasteiger partial charge in [0.25, 0.3) is 0 Å². The van der Waals surface area contributed by atoms with Gasteiger partial charge in [-0.05, 0) is 30.7 Å². The standard InChI is InChI=1S/C28H31N7O8S/c1-17-11-22(33-25-23(17)24(36)20(27(38)39)15-35(25)28-30-16-31-44-28)34-13-18(14-34)26(37)32-21-4-3-19(12-29-21)43-10-9-42-8-7-41-6-5-40-2/h3-4,11-12,15-16,18H,5-10,13-14H2,1-2H3,(H,38,39)(H,29,32,37). The van der Waals surface area contributed by atoms with Crippen LogP contribution in [-0.4, -0.2) is 101 Å². The zero-order chi connectivity index (χ0) is 31.1. The predicted molar refractivity (Wildman–Crippen MR) is 160 cm³/mol. The summed E-state index contributed by atoms with van der Waals surface area (Å²) in [6.45, 7) is 5.30. The fourth-order valence-corrected chi connectivity index (χ4v) is 5.00. The molecule has 0 spiro atoms. The van der Waals surface area contributed by atoms with Crippen LogP contribution in [0.25, 0.3) is 16.2 Å². The Morgan fingerprint density at radius 1 is 1.09 bits per heavy atom. The van der Waals surface area contributed by atoms with Gasteiger partial charge in [-0.25, -0.2) is 19.7 Å². The lowest BCUT2D eigenvalue weighted by molar-refractivity contribution is -0.120. The Hall–Kier alpha value is -4.51. The Morgan fingerprint density at radius 2 is 1.84 bits per heavy atom. The number of aromatic nitrogens is 5. The molecule has 4 aromatic heterocycles. The second-order valence-corrected chi connectivity index (χ2v) is 10.6. The van der Waals surface area contributed by atoms with Crippen molar-refractivity contribution in [3.8, 4) is 10.9 Å². The Bertz CT molecular complexity index is 1660. The van der Waals surface area contributed by atoms with Crippen molar-refractivity contribution in [2.75, 3.05) is 70.1 Å². The highest BCUT2D eigenvalue weighted by molar-refractivity contribution is 7.08. The minimum atomic E-state index is -1.34. The summed E-state index contributed by atoms with van der Waals surface area (Å²) < 4.78 is 26.7. The fraction of sp³-hybridized carbons (Fsp3) is 0.393. The molecule has 15 nitrogen and oxygen atoms in total. The number of hydrogen-bond donors (Lipinski definition) is 2. The Labute approximate surface area is 255 Å². The van der Waals surface area contributed by atoms with E-state index >= 15 is 0 Å². The number of amides is 1. The van der Waals surface area contributed by atoms with Gasteiger partial charge < -0.3 is 34.3 Å². The lowest BCUT2D eigenvalue weighted by atomic mass is 9.98. The number of fused-ring (bicyclic) bond motifs is 1. The van der Waals surface area contributed by atoms with Crippen molar-refractivity contribution >= 4 is 46.1 Å². The summed E-state index contributed by atoms with van der Waals surface area (Å²) in [5.41, 5.74) is -0.176. The summed E-state index contributed by atoms with van der Waals surface area (Å²) in [6, 6.07) is 5.11. The van der Waals surface area contributed by atoms with E-state index < -0.39 is 11.4 Å². The van der Waals surface area contributed by atoms with Gasteiger partial charge in [0, 0.05) is 37.9 Å². The summed E-state index contributed by atoms with van der Waals surface area (Å²) in [7, 11) is 1.62. The van der Waals surface area contributed by atoms with Crippen LogP contribution in [0.1, 0.15) is 15.9 Å². The average Bonchev–Trinajstić information content (AvgIpc) is 3.51. The Balaban J connectivity index is 1.15. The molecule has 0 unspecified atom stereocenters. The zero-order valence-electron chi connectivity index (χ0n) is 24.1. The van der Waals surface area contributed by atoms with Gasteiger partial charge in [0.1, 0.15) is 35.9 Å². The highest BCUT2D eigenvalue weighted by Crippen LogP contribution is 2.29. The number of nitrogens with zero attached hydrogens (tertiary/aromatic N) is 6.